The summed E-state index contributed by atoms with van der Waals surface area (Å²) in [6.45, 7) is 2.06. The highest BCUT2D eigenvalue weighted by molar-refractivity contribution is 5.25. The zero-order valence-corrected chi connectivity index (χ0v) is 11.0. The van der Waals surface area contributed by atoms with Crippen LogP contribution in [0.4, 0.5) is 8.78 Å². The second kappa shape index (κ2) is 5.35. The van der Waals surface area contributed by atoms with Gasteiger partial charge in [-0.2, -0.15) is 0 Å². The average Bonchev–Trinajstić information content (AvgIpc) is 2.32. The van der Waals surface area contributed by atoms with E-state index < -0.39 is 5.92 Å². The van der Waals surface area contributed by atoms with E-state index in [1.54, 1.807) is 0 Å². The van der Waals surface area contributed by atoms with Gasteiger partial charge in [-0.3, -0.25) is 0 Å². The number of benzene rings is 1. The molecule has 1 fully saturated rings. The molecule has 1 aliphatic carbocycles. The van der Waals surface area contributed by atoms with Crippen molar-refractivity contribution in [2.75, 3.05) is 7.05 Å². The summed E-state index contributed by atoms with van der Waals surface area (Å²) in [5, 5.41) is 3.30. The first kappa shape index (κ1) is 13.5. The molecule has 3 heteroatoms. The molecule has 1 aromatic carbocycles. The number of alkyl halides is 2. The van der Waals surface area contributed by atoms with Crippen LogP contribution in [0.1, 0.15) is 42.9 Å². The van der Waals surface area contributed by atoms with E-state index in [1.165, 1.54) is 11.1 Å². The summed E-state index contributed by atoms with van der Waals surface area (Å²) < 4.78 is 26.4. The van der Waals surface area contributed by atoms with Gasteiger partial charge in [-0.05, 0) is 38.3 Å². The Bertz CT molecular complexity index is 393. The molecule has 1 atom stereocenters. The van der Waals surface area contributed by atoms with Crippen molar-refractivity contribution in [3.05, 3.63) is 35.4 Å². The van der Waals surface area contributed by atoms with Gasteiger partial charge in [0, 0.05) is 18.9 Å². The number of hydrogen-bond donors (Lipinski definition) is 1. The fourth-order valence-electron chi connectivity index (χ4n) is 2.93. The van der Waals surface area contributed by atoms with Gasteiger partial charge in [-0.15, -0.1) is 0 Å². The van der Waals surface area contributed by atoms with Crippen LogP contribution in [0.5, 0.6) is 0 Å². The molecule has 0 aliphatic heterocycles. The molecule has 0 aromatic heterocycles. The lowest BCUT2D eigenvalue weighted by Gasteiger charge is -2.34. The highest BCUT2D eigenvalue weighted by Gasteiger charge is 2.37. The Morgan fingerprint density at radius 1 is 1.28 bits per heavy atom. The maximum atomic E-state index is 13.2. The van der Waals surface area contributed by atoms with Crippen molar-refractivity contribution in [1.82, 2.24) is 5.32 Å². The van der Waals surface area contributed by atoms with Gasteiger partial charge in [0.2, 0.25) is 5.92 Å². The largest absolute Gasteiger partial charge is 0.313 e. The number of hydrogen-bond acceptors (Lipinski definition) is 1. The molecule has 1 N–H and O–H groups in total. The lowest BCUT2D eigenvalue weighted by molar-refractivity contribution is -0.0495. The molecule has 18 heavy (non-hydrogen) atoms. The molecule has 0 saturated heterocycles. The van der Waals surface area contributed by atoms with Gasteiger partial charge >= 0.3 is 0 Å². The summed E-state index contributed by atoms with van der Waals surface area (Å²) in [5.41, 5.74) is 2.43. The summed E-state index contributed by atoms with van der Waals surface area (Å²) in [6.07, 6.45) is 1.27. The van der Waals surface area contributed by atoms with Crippen molar-refractivity contribution >= 4 is 0 Å². The Morgan fingerprint density at radius 2 is 1.94 bits per heavy atom. The van der Waals surface area contributed by atoms with Crippen LogP contribution in [0.2, 0.25) is 0 Å². The second-order valence-corrected chi connectivity index (χ2v) is 5.37. The van der Waals surface area contributed by atoms with Gasteiger partial charge in [0.25, 0.3) is 0 Å². The van der Waals surface area contributed by atoms with Crippen LogP contribution >= 0.6 is 0 Å². The van der Waals surface area contributed by atoms with Crippen LogP contribution < -0.4 is 5.32 Å². The Kier molecular flexibility index (Phi) is 4.00. The molecule has 2 rings (SSSR count). The smallest absolute Gasteiger partial charge is 0.248 e. The first-order valence-corrected chi connectivity index (χ1v) is 6.63. The zero-order valence-electron chi connectivity index (χ0n) is 11.0. The topological polar surface area (TPSA) is 12.0 Å². The van der Waals surface area contributed by atoms with E-state index in [0.29, 0.717) is 18.8 Å². The molecule has 0 bridgehead atoms. The lowest BCUT2D eigenvalue weighted by Crippen LogP contribution is -2.32. The van der Waals surface area contributed by atoms with Gasteiger partial charge in [0.1, 0.15) is 0 Å². The standard InChI is InChI=1S/C15H21F2N/c1-11-4-3-5-13(10-11)14(18-2)12-6-8-15(16,17)9-7-12/h3-5,10,12,14,18H,6-9H2,1-2H3. The first-order chi connectivity index (χ1) is 8.52. The highest BCUT2D eigenvalue weighted by atomic mass is 19.3. The van der Waals surface area contributed by atoms with Crippen LogP contribution in [0, 0.1) is 12.8 Å². The minimum absolute atomic E-state index is 0.0294. The van der Waals surface area contributed by atoms with Crippen LogP contribution in [0.15, 0.2) is 24.3 Å². The maximum absolute atomic E-state index is 13.2. The fourth-order valence-corrected chi connectivity index (χ4v) is 2.93. The van der Waals surface area contributed by atoms with Crippen LogP contribution in [0.3, 0.4) is 0 Å². The van der Waals surface area contributed by atoms with E-state index >= 15 is 0 Å². The summed E-state index contributed by atoms with van der Waals surface area (Å²) >= 11 is 0. The Morgan fingerprint density at radius 3 is 2.50 bits per heavy atom. The molecule has 0 heterocycles. The molecule has 0 radical (unpaired) electrons. The van der Waals surface area contributed by atoms with Gasteiger partial charge < -0.3 is 5.32 Å². The predicted molar refractivity (Wildman–Crippen MR) is 69.9 cm³/mol. The van der Waals surface area contributed by atoms with E-state index in [1.807, 2.05) is 13.1 Å². The number of rotatable bonds is 3. The summed E-state index contributed by atoms with van der Waals surface area (Å²) in [7, 11) is 1.92. The third-order valence-corrected chi connectivity index (χ3v) is 3.95. The van der Waals surface area contributed by atoms with Gasteiger partial charge in [0.05, 0.1) is 0 Å². The van der Waals surface area contributed by atoms with E-state index in [-0.39, 0.29) is 18.9 Å². The number of aryl methyl sites for hydroxylation is 1. The molecule has 1 saturated carbocycles. The molecule has 1 aliphatic rings. The van der Waals surface area contributed by atoms with Crippen LogP contribution in [0.25, 0.3) is 0 Å². The molecule has 1 aromatic rings. The molecular weight excluding hydrogens is 232 g/mol. The Balaban J connectivity index is 2.10. The maximum Gasteiger partial charge on any atom is 0.248 e. The second-order valence-electron chi connectivity index (χ2n) is 5.37. The summed E-state index contributed by atoms with van der Waals surface area (Å²) in [4.78, 5) is 0. The molecule has 0 amide bonds. The molecule has 1 nitrogen and oxygen atoms in total. The third-order valence-electron chi connectivity index (χ3n) is 3.95. The van der Waals surface area contributed by atoms with Gasteiger partial charge in [0.15, 0.2) is 0 Å². The quantitative estimate of drug-likeness (QED) is 0.855. The van der Waals surface area contributed by atoms with Crippen LogP contribution in [-0.4, -0.2) is 13.0 Å². The van der Waals surface area contributed by atoms with E-state index in [4.69, 9.17) is 0 Å². The monoisotopic (exact) mass is 253 g/mol. The minimum atomic E-state index is -2.44. The average molecular weight is 253 g/mol. The normalized spacial score (nSPS) is 21.8. The van der Waals surface area contributed by atoms with Crippen molar-refractivity contribution in [2.24, 2.45) is 5.92 Å². The van der Waals surface area contributed by atoms with Crippen molar-refractivity contribution in [3.8, 4) is 0 Å². The van der Waals surface area contributed by atoms with E-state index in [2.05, 4.69) is 30.4 Å². The number of nitrogens with one attached hydrogen (secondary N) is 1. The first-order valence-electron chi connectivity index (χ1n) is 6.63. The molecular formula is C15H21F2N. The van der Waals surface area contributed by atoms with Crippen molar-refractivity contribution in [1.29, 1.82) is 0 Å². The zero-order chi connectivity index (χ0) is 13.2. The van der Waals surface area contributed by atoms with E-state index in [9.17, 15) is 8.78 Å². The molecule has 100 valence electrons. The predicted octanol–water partition coefficient (Wildman–Crippen LogP) is 4.08. The highest BCUT2D eigenvalue weighted by Crippen LogP contribution is 2.41. The van der Waals surface area contributed by atoms with Crippen molar-refractivity contribution in [2.45, 2.75) is 44.6 Å². The third kappa shape index (κ3) is 3.08. The van der Waals surface area contributed by atoms with Crippen molar-refractivity contribution in [3.63, 3.8) is 0 Å². The Labute approximate surface area is 108 Å². The summed E-state index contributed by atoms with van der Waals surface area (Å²) in [5.74, 6) is -2.13. The van der Waals surface area contributed by atoms with Crippen molar-refractivity contribution < 1.29 is 8.78 Å². The lowest BCUT2D eigenvalue weighted by atomic mass is 9.79. The summed E-state index contributed by atoms with van der Waals surface area (Å²) in [6, 6.07) is 8.52. The van der Waals surface area contributed by atoms with Gasteiger partial charge in [-0.1, -0.05) is 29.8 Å². The van der Waals surface area contributed by atoms with E-state index in [0.717, 1.165) is 0 Å². The number of halogens is 2. The Hall–Kier alpha value is -0.960. The molecule has 1 unspecified atom stereocenters. The van der Waals surface area contributed by atoms with Crippen LogP contribution in [-0.2, 0) is 0 Å². The fraction of sp³-hybridized carbons (Fsp3) is 0.600. The molecule has 0 spiro atoms. The minimum Gasteiger partial charge on any atom is -0.313 e. The SMILES string of the molecule is CNC(c1cccc(C)c1)C1CCC(F)(F)CC1. The van der Waals surface area contributed by atoms with Gasteiger partial charge in [-0.25, -0.2) is 8.78 Å².